The van der Waals surface area contributed by atoms with Crippen molar-refractivity contribution >= 4 is 11.3 Å². The van der Waals surface area contributed by atoms with Gasteiger partial charge in [-0.05, 0) is 26.7 Å². The summed E-state index contributed by atoms with van der Waals surface area (Å²) in [5.41, 5.74) is 3.11. The highest BCUT2D eigenvalue weighted by atomic mass is 32.1. The van der Waals surface area contributed by atoms with Crippen molar-refractivity contribution in [3.05, 3.63) is 16.1 Å². The fourth-order valence-electron chi connectivity index (χ4n) is 1.41. The normalized spacial score (nSPS) is 19.5. The first kappa shape index (κ1) is 8.20. The standard InChI is InChI=1S/C9H14N2S/c1-6-9(12-5-10-6)7(2)11-8-3-4-8/h5,7-8,11H,3-4H2,1-2H3. The second-order valence-electron chi connectivity index (χ2n) is 3.46. The predicted octanol–water partition coefficient (Wildman–Crippen LogP) is 2.26. The molecule has 1 aliphatic carbocycles. The Hall–Kier alpha value is -0.410. The van der Waals surface area contributed by atoms with E-state index in [0.717, 1.165) is 6.04 Å². The molecular weight excluding hydrogens is 168 g/mol. The summed E-state index contributed by atoms with van der Waals surface area (Å²) >= 11 is 1.75. The van der Waals surface area contributed by atoms with Crippen LogP contribution < -0.4 is 5.32 Å². The van der Waals surface area contributed by atoms with Gasteiger partial charge in [-0.1, -0.05) is 0 Å². The van der Waals surface area contributed by atoms with Crippen LogP contribution in [-0.2, 0) is 0 Å². The number of nitrogens with zero attached hydrogens (tertiary/aromatic N) is 1. The minimum Gasteiger partial charge on any atom is -0.307 e. The van der Waals surface area contributed by atoms with Crippen molar-refractivity contribution in [2.24, 2.45) is 0 Å². The second-order valence-corrected chi connectivity index (χ2v) is 4.35. The van der Waals surface area contributed by atoms with Gasteiger partial charge in [-0.2, -0.15) is 0 Å². The molecule has 0 amide bonds. The van der Waals surface area contributed by atoms with E-state index in [1.807, 2.05) is 5.51 Å². The Bertz CT molecular complexity index is 265. The van der Waals surface area contributed by atoms with E-state index < -0.39 is 0 Å². The fourth-order valence-corrected chi connectivity index (χ4v) is 2.23. The average Bonchev–Trinajstić information content (AvgIpc) is 2.72. The maximum atomic E-state index is 4.24. The van der Waals surface area contributed by atoms with Gasteiger partial charge in [0, 0.05) is 17.0 Å². The molecule has 2 rings (SSSR count). The van der Waals surface area contributed by atoms with Gasteiger partial charge in [0.1, 0.15) is 0 Å². The van der Waals surface area contributed by atoms with Crippen molar-refractivity contribution in [1.29, 1.82) is 0 Å². The van der Waals surface area contributed by atoms with Gasteiger partial charge in [0.25, 0.3) is 0 Å². The summed E-state index contributed by atoms with van der Waals surface area (Å²) in [6, 6.07) is 1.27. The van der Waals surface area contributed by atoms with Crippen molar-refractivity contribution in [1.82, 2.24) is 10.3 Å². The van der Waals surface area contributed by atoms with Crippen LogP contribution in [0.3, 0.4) is 0 Å². The van der Waals surface area contributed by atoms with E-state index in [2.05, 4.69) is 24.1 Å². The van der Waals surface area contributed by atoms with Crippen LogP contribution >= 0.6 is 11.3 Å². The number of nitrogens with one attached hydrogen (secondary N) is 1. The van der Waals surface area contributed by atoms with Crippen LogP contribution in [0.2, 0.25) is 0 Å². The zero-order valence-electron chi connectivity index (χ0n) is 7.50. The molecule has 0 spiro atoms. The van der Waals surface area contributed by atoms with Gasteiger partial charge in [-0.25, -0.2) is 4.98 Å². The molecule has 0 radical (unpaired) electrons. The molecular formula is C9H14N2S. The van der Waals surface area contributed by atoms with Crippen LogP contribution in [0.15, 0.2) is 5.51 Å². The maximum Gasteiger partial charge on any atom is 0.0798 e. The van der Waals surface area contributed by atoms with Crippen molar-refractivity contribution in [3.8, 4) is 0 Å². The monoisotopic (exact) mass is 182 g/mol. The molecule has 12 heavy (non-hydrogen) atoms. The van der Waals surface area contributed by atoms with Crippen molar-refractivity contribution in [2.45, 2.75) is 38.8 Å². The Morgan fingerprint density at radius 2 is 2.42 bits per heavy atom. The molecule has 0 bridgehead atoms. The first-order valence-electron chi connectivity index (χ1n) is 4.43. The van der Waals surface area contributed by atoms with E-state index >= 15 is 0 Å². The van der Waals surface area contributed by atoms with Crippen LogP contribution in [0, 0.1) is 6.92 Å². The minimum absolute atomic E-state index is 0.491. The number of hydrogen-bond donors (Lipinski definition) is 1. The van der Waals surface area contributed by atoms with Crippen molar-refractivity contribution in [3.63, 3.8) is 0 Å². The smallest absolute Gasteiger partial charge is 0.0798 e. The van der Waals surface area contributed by atoms with E-state index in [-0.39, 0.29) is 0 Å². The van der Waals surface area contributed by atoms with Gasteiger partial charge in [-0.15, -0.1) is 11.3 Å². The van der Waals surface area contributed by atoms with Crippen LogP contribution in [0.25, 0.3) is 0 Å². The molecule has 0 saturated heterocycles. The quantitative estimate of drug-likeness (QED) is 0.775. The maximum absolute atomic E-state index is 4.24. The molecule has 1 heterocycles. The van der Waals surface area contributed by atoms with Crippen LogP contribution in [0.5, 0.6) is 0 Å². The number of aromatic nitrogens is 1. The fraction of sp³-hybridized carbons (Fsp3) is 0.667. The van der Waals surface area contributed by atoms with Gasteiger partial charge < -0.3 is 5.32 Å². The number of aryl methyl sites for hydroxylation is 1. The number of rotatable bonds is 3. The highest BCUT2D eigenvalue weighted by Gasteiger charge is 2.24. The Kier molecular flexibility index (Phi) is 2.15. The zero-order valence-corrected chi connectivity index (χ0v) is 8.32. The third-order valence-electron chi connectivity index (χ3n) is 2.24. The lowest BCUT2D eigenvalue weighted by atomic mass is 10.2. The number of hydrogen-bond acceptors (Lipinski definition) is 3. The number of thiazole rings is 1. The van der Waals surface area contributed by atoms with Crippen LogP contribution in [0.1, 0.15) is 36.4 Å². The summed E-state index contributed by atoms with van der Waals surface area (Å²) in [4.78, 5) is 5.63. The SMILES string of the molecule is Cc1ncsc1C(C)NC1CC1. The van der Waals surface area contributed by atoms with E-state index in [1.54, 1.807) is 11.3 Å². The molecule has 1 fully saturated rings. The average molecular weight is 182 g/mol. The molecule has 1 aromatic rings. The van der Waals surface area contributed by atoms with Crippen LogP contribution in [-0.4, -0.2) is 11.0 Å². The summed E-state index contributed by atoms with van der Waals surface area (Å²) in [5.74, 6) is 0. The van der Waals surface area contributed by atoms with E-state index in [4.69, 9.17) is 0 Å². The van der Waals surface area contributed by atoms with E-state index in [9.17, 15) is 0 Å². The molecule has 0 aromatic carbocycles. The Balaban J connectivity index is 2.02. The topological polar surface area (TPSA) is 24.9 Å². The van der Waals surface area contributed by atoms with E-state index in [0.29, 0.717) is 6.04 Å². The minimum atomic E-state index is 0.491. The second kappa shape index (κ2) is 3.15. The molecule has 1 aliphatic rings. The lowest BCUT2D eigenvalue weighted by Gasteiger charge is -2.11. The van der Waals surface area contributed by atoms with Gasteiger partial charge in [0.05, 0.1) is 11.2 Å². The lowest BCUT2D eigenvalue weighted by molar-refractivity contribution is 0.576. The largest absolute Gasteiger partial charge is 0.307 e. The van der Waals surface area contributed by atoms with Crippen molar-refractivity contribution in [2.75, 3.05) is 0 Å². The molecule has 66 valence electrons. The summed E-state index contributed by atoms with van der Waals surface area (Å²) in [6.45, 7) is 4.30. The molecule has 2 nitrogen and oxygen atoms in total. The van der Waals surface area contributed by atoms with Gasteiger partial charge >= 0.3 is 0 Å². The first-order valence-corrected chi connectivity index (χ1v) is 5.31. The molecule has 0 aliphatic heterocycles. The highest BCUT2D eigenvalue weighted by Crippen LogP contribution is 2.27. The summed E-state index contributed by atoms with van der Waals surface area (Å²) in [6.07, 6.45) is 2.70. The molecule has 1 saturated carbocycles. The summed E-state index contributed by atoms with van der Waals surface area (Å²) in [7, 11) is 0. The lowest BCUT2D eigenvalue weighted by Crippen LogP contribution is -2.20. The van der Waals surface area contributed by atoms with Crippen molar-refractivity contribution < 1.29 is 0 Å². The molecule has 1 unspecified atom stereocenters. The zero-order chi connectivity index (χ0) is 8.55. The van der Waals surface area contributed by atoms with Gasteiger partial charge in [0.2, 0.25) is 0 Å². The van der Waals surface area contributed by atoms with Gasteiger partial charge in [-0.3, -0.25) is 0 Å². The Labute approximate surface area is 77.0 Å². The van der Waals surface area contributed by atoms with Gasteiger partial charge in [0.15, 0.2) is 0 Å². The highest BCUT2D eigenvalue weighted by molar-refractivity contribution is 7.09. The molecule has 1 atom stereocenters. The van der Waals surface area contributed by atoms with Crippen LogP contribution in [0.4, 0.5) is 0 Å². The first-order chi connectivity index (χ1) is 5.77. The van der Waals surface area contributed by atoms with E-state index in [1.165, 1.54) is 23.4 Å². The molecule has 1 N–H and O–H groups in total. The molecule has 3 heteroatoms. The third-order valence-corrected chi connectivity index (χ3v) is 3.35. The molecule has 1 aromatic heterocycles. The summed E-state index contributed by atoms with van der Waals surface area (Å²) in [5, 5.41) is 3.57. The third kappa shape index (κ3) is 1.67. The Morgan fingerprint density at radius 3 is 2.92 bits per heavy atom. The Morgan fingerprint density at radius 1 is 1.67 bits per heavy atom. The predicted molar refractivity (Wildman–Crippen MR) is 51.4 cm³/mol. The summed E-state index contributed by atoms with van der Waals surface area (Å²) < 4.78 is 0.